The molecule has 2 aliphatic rings. The quantitative estimate of drug-likeness (QED) is 0.576. The molecule has 2 aliphatic heterocycles. The highest BCUT2D eigenvalue weighted by molar-refractivity contribution is 5.95. The molecule has 10 heteroatoms. The number of piperazine rings is 1. The molecule has 0 unspecified atom stereocenters. The number of carbonyl (C=O) groups is 3. The van der Waals surface area contributed by atoms with Crippen LogP contribution in [0.25, 0.3) is 0 Å². The molecule has 1 atom stereocenters. The molecule has 0 spiro atoms. The molecule has 8 nitrogen and oxygen atoms in total. The van der Waals surface area contributed by atoms with Crippen LogP contribution in [-0.4, -0.2) is 78.5 Å². The van der Waals surface area contributed by atoms with Crippen molar-refractivity contribution >= 4 is 17.9 Å². The number of amides is 3. The molecule has 37 heavy (non-hydrogen) atoms. The van der Waals surface area contributed by atoms with Crippen LogP contribution >= 0.6 is 0 Å². The van der Waals surface area contributed by atoms with E-state index in [0.29, 0.717) is 55.1 Å². The van der Waals surface area contributed by atoms with Gasteiger partial charge in [-0.25, -0.2) is 18.4 Å². The number of urea groups is 1. The van der Waals surface area contributed by atoms with Crippen LogP contribution in [0.4, 0.5) is 13.6 Å². The number of hydrogen-bond donors (Lipinski definition) is 1. The molecule has 1 saturated heterocycles. The number of benzene rings is 2. The lowest BCUT2D eigenvalue weighted by molar-refractivity contribution is -0.139. The highest BCUT2D eigenvalue weighted by atomic mass is 19.1. The maximum atomic E-state index is 13.6. The number of carbonyl (C=O) groups excluding carboxylic acids is 3. The van der Waals surface area contributed by atoms with Crippen molar-refractivity contribution in [2.45, 2.75) is 19.9 Å². The van der Waals surface area contributed by atoms with Gasteiger partial charge in [-0.1, -0.05) is 18.2 Å². The number of nitrogens with one attached hydrogen (secondary N) is 1. The van der Waals surface area contributed by atoms with E-state index >= 15 is 0 Å². The Labute approximate surface area is 214 Å². The third-order valence-electron chi connectivity index (χ3n) is 6.56. The molecule has 0 aliphatic carbocycles. The van der Waals surface area contributed by atoms with Crippen LogP contribution in [0.15, 0.2) is 59.8 Å². The average molecular weight is 513 g/mol. The van der Waals surface area contributed by atoms with Crippen molar-refractivity contribution in [1.29, 1.82) is 0 Å². The lowest BCUT2D eigenvalue weighted by atomic mass is 9.94. The Morgan fingerprint density at radius 3 is 2.32 bits per heavy atom. The van der Waals surface area contributed by atoms with E-state index in [-0.39, 0.29) is 25.1 Å². The highest BCUT2D eigenvalue weighted by Crippen LogP contribution is 2.32. The van der Waals surface area contributed by atoms with Gasteiger partial charge in [0, 0.05) is 50.5 Å². The number of likely N-dealkylation sites (N-methyl/N-ethyl adjacent to an activating group) is 1. The van der Waals surface area contributed by atoms with Gasteiger partial charge in [0.15, 0.2) is 0 Å². The molecule has 2 aromatic carbocycles. The van der Waals surface area contributed by atoms with Gasteiger partial charge in [-0.05, 0) is 49.7 Å². The summed E-state index contributed by atoms with van der Waals surface area (Å²) in [7, 11) is 0. The number of nitrogens with zero attached hydrogens (tertiary/aromatic N) is 3. The van der Waals surface area contributed by atoms with Crippen LogP contribution in [-0.2, 0) is 9.53 Å². The second-order valence-electron chi connectivity index (χ2n) is 8.84. The molecule has 0 radical (unpaired) electrons. The number of esters is 1. The Morgan fingerprint density at radius 2 is 1.70 bits per heavy atom. The Kier molecular flexibility index (Phi) is 8.17. The van der Waals surface area contributed by atoms with Gasteiger partial charge < -0.3 is 15.0 Å². The van der Waals surface area contributed by atoms with E-state index in [1.807, 2.05) is 6.92 Å². The predicted molar refractivity (Wildman–Crippen MR) is 132 cm³/mol. The van der Waals surface area contributed by atoms with E-state index in [1.165, 1.54) is 47.4 Å². The maximum Gasteiger partial charge on any atom is 0.338 e. The zero-order valence-corrected chi connectivity index (χ0v) is 20.9. The normalized spacial score (nSPS) is 18.6. The van der Waals surface area contributed by atoms with E-state index in [2.05, 4.69) is 10.2 Å². The van der Waals surface area contributed by atoms with Gasteiger partial charge in [-0.2, -0.15) is 0 Å². The fourth-order valence-corrected chi connectivity index (χ4v) is 4.69. The molecular formula is C27H30F2N4O4. The molecule has 4 rings (SSSR count). The average Bonchev–Trinajstić information content (AvgIpc) is 2.89. The third-order valence-corrected chi connectivity index (χ3v) is 6.56. The van der Waals surface area contributed by atoms with Crippen molar-refractivity contribution in [2.24, 2.45) is 0 Å². The lowest BCUT2D eigenvalue weighted by Gasteiger charge is -2.40. The Hall–Kier alpha value is -3.79. The SMILES string of the molecule is CCOC(=O)C1=C(CN2CCN(C(=O)c3cccc(F)c3)CC2)N(CC)C(=O)N[C@H]1c1ccc(F)cc1. The first-order valence-electron chi connectivity index (χ1n) is 12.3. The Bertz CT molecular complexity index is 1190. The lowest BCUT2D eigenvalue weighted by Crippen LogP contribution is -2.53. The first kappa shape index (κ1) is 26.3. The second kappa shape index (κ2) is 11.5. The van der Waals surface area contributed by atoms with Gasteiger partial charge in [0.05, 0.1) is 18.2 Å². The monoisotopic (exact) mass is 512 g/mol. The van der Waals surface area contributed by atoms with Crippen LogP contribution in [0.1, 0.15) is 35.8 Å². The summed E-state index contributed by atoms with van der Waals surface area (Å²) in [5.74, 6) is -1.68. The molecule has 2 heterocycles. The van der Waals surface area contributed by atoms with Crippen LogP contribution in [0.5, 0.6) is 0 Å². The zero-order chi connectivity index (χ0) is 26.5. The topological polar surface area (TPSA) is 82.2 Å². The van der Waals surface area contributed by atoms with Crippen LogP contribution < -0.4 is 5.32 Å². The standard InChI is InChI=1S/C27H30F2N4O4/c1-3-33-22(17-31-12-14-32(15-13-31)25(34)19-6-5-7-21(29)16-19)23(26(35)37-4-2)24(30-27(33)36)18-8-10-20(28)11-9-18/h5-11,16,24H,3-4,12-15,17H2,1-2H3,(H,30,36)/t24-/m0/s1. The molecule has 0 bridgehead atoms. The number of ether oxygens (including phenoxy) is 1. The Morgan fingerprint density at radius 1 is 1.00 bits per heavy atom. The van der Waals surface area contributed by atoms with Gasteiger partial charge in [0.1, 0.15) is 11.6 Å². The largest absolute Gasteiger partial charge is 0.463 e. The van der Waals surface area contributed by atoms with Crippen LogP contribution in [0.3, 0.4) is 0 Å². The fraction of sp³-hybridized carbons (Fsp3) is 0.370. The predicted octanol–water partition coefficient (Wildman–Crippen LogP) is 3.33. The molecule has 1 fully saturated rings. The van der Waals surface area contributed by atoms with Crippen molar-refractivity contribution in [3.8, 4) is 0 Å². The van der Waals surface area contributed by atoms with Crippen molar-refractivity contribution in [1.82, 2.24) is 20.0 Å². The molecule has 3 amide bonds. The smallest absolute Gasteiger partial charge is 0.338 e. The van der Waals surface area contributed by atoms with Gasteiger partial charge in [0.2, 0.25) is 0 Å². The van der Waals surface area contributed by atoms with Gasteiger partial charge in [0.25, 0.3) is 5.91 Å². The first-order valence-corrected chi connectivity index (χ1v) is 12.3. The van der Waals surface area contributed by atoms with E-state index < -0.39 is 23.6 Å². The molecular weight excluding hydrogens is 482 g/mol. The van der Waals surface area contributed by atoms with E-state index in [1.54, 1.807) is 17.9 Å². The zero-order valence-electron chi connectivity index (χ0n) is 20.9. The summed E-state index contributed by atoms with van der Waals surface area (Å²) in [6.07, 6.45) is 0. The summed E-state index contributed by atoms with van der Waals surface area (Å²) in [6, 6.07) is 10.1. The molecule has 2 aromatic rings. The van der Waals surface area contributed by atoms with Gasteiger partial charge in [-0.15, -0.1) is 0 Å². The molecule has 0 saturated carbocycles. The maximum absolute atomic E-state index is 13.6. The third kappa shape index (κ3) is 5.80. The summed E-state index contributed by atoms with van der Waals surface area (Å²) >= 11 is 0. The number of halogens is 2. The summed E-state index contributed by atoms with van der Waals surface area (Å²) in [5, 5.41) is 2.86. The van der Waals surface area contributed by atoms with E-state index in [9.17, 15) is 23.2 Å². The summed E-state index contributed by atoms with van der Waals surface area (Å²) < 4.78 is 32.5. The van der Waals surface area contributed by atoms with Gasteiger partial charge in [-0.3, -0.25) is 14.6 Å². The van der Waals surface area contributed by atoms with E-state index in [0.717, 1.165) is 0 Å². The minimum Gasteiger partial charge on any atom is -0.463 e. The van der Waals surface area contributed by atoms with Crippen molar-refractivity contribution in [3.63, 3.8) is 0 Å². The first-order chi connectivity index (χ1) is 17.8. The second-order valence-corrected chi connectivity index (χ2v) is 8.84. The summed E-state index contributed by atoms with van der Waals surface area (Å²) in [5.41, 5.74) is 1.68. The fourth-order valence-electron chi connectivity index (χ4n) is 4.69. The molecule has 196 valence electrons. The van der Waals surface area contributed by atoms with Gasteiger partial charge >= 0.3 is 12.0 Å². The highest BCUT2D eigenvalue weighted by Gasteiger charge is 2.38. The summed E-state index contributed by atoms with van der Waals surface area (Å²) in [4.78, 5) is 44.2. The minimum absolute atomic E-state index is 0.159. The van der Waals surface area contributed by atoms with Crippen LogP contribution in [0.2, 0.25) is 0 Å². The van der Waals surface area contributed by atoms with E-state index in [4.69, 9.17) is 4.74 Å². The molecule has 0 aromatic heterocycles. The van der Waals surface area contributed by atoms with Crippen LogP contribution in [0, 0.1) is 11.6 Å². The Balaban J connectivity index is 1.59. The summed E-state index contributed by atoms with van der Waals surface area (Å²) in [6.45, 7) is 6.13. The van der Waals surface area contributed by atoms with Crippen molar-refractivity contribution in [3.05, 3.63) is 82.6 Å². The molecule has 1 N–H and O–H groups in total. The van der Waals surface area contributed by atoms with Crippen molar-refractivity contribution in [2.75, 3.05) is 45.9 Å². The number of hydrogen-bond acceptors (Lipinski definition) is 5. The number of rotatable bonds is 7. The minimum atomic E-state index is -0.791. The van der Waals surface area contributed by atoms with Crippen molar-refractivity contribution < 1.29 is 27.9 Å².